The third kappa shape index (κ3) is 4.81. The Bertz CT molecular complexity index is 1180. The molecule has 0 aliphatic rings. The number of rotatable bonds is 4. The monoisotopic (exact) mass is 566 g/mol. The van der Waals surface area contributed by atoms with Crippen molar-refractivity contribution >= 4 is 66.7 Å². The quantitative estimate of drug-likeness (QED) is 0.343. The molecule has 0 radical (unpaired) electrons. The summed E-state index contributed by atoms with van der Waals surface area (Å²) in [6.07, 6.45) is 0. The number of anilines is 1. The predicted octanol–water partition coefficient (Wildman–Crippen LogP) is 7.44. The fourth-order valence-corrected chi connectivity index (χ4v) is 4.59. The van der Waals surface area contributed by atoms with E-state index in [0.29, 0.717) is 30.2 Å². The van der Waals surface area contributed by atoms with Gasteiger partial charge in [-0.05, 0) is 69.9 Å². The standard InChI is InChI=1S/C22H14Br2Cl2N2O2/c1-11-6-15(17(10-27)12-2-4-14(25)5-3-12)19(26)9-20(11)28-22(30)16-7-13(23)8-18(24)21(16)29/h2-9,17,29H,1H3,(H,28,30). The molecule has 0 saturated heterocycles. The highest BCUT2D eigenvalue weighted by Gasteiger charge is 2.20. The first-order chi connectivity index (χ1) is 14.2. The summed E-state index contributed by atoms with van der Waals surface area (Å²) in [6.45, 7) is 1.81. The molecule has 0 aliphatic carbocycles. The second-order valence-corrected chi connectivity index (χ2v) is 9.15. The van der Waals surface area contributed by atoms with Gasteiger partial charge in [-0.2, -0.15) is 5.26 Å². The molecular formula is C22H14Br2Cl2N2O2. The van der Waals surface area contributed by atoms with E-state index in [1.165, 1.54) is 6.07 Å². The molecule has 4 nitrogen and oxygen atoms in total. The van der Waals surface area contributed by atoms with Crippen molar-refractivity contribution in [3.63, 3.8) is 0 Å². The molecule has 8 heteroatoms. The first kappa shape index (κ1) is 22.6. The lowest BCUT2D eigenvalue weighted by Gasteiger charge is -2.16. The molecule has 0 aliphatic heterocycles. The Balaban J connectivity index is 1.94. The summed E-state index contributed by atoms with van der Waals surface area (Å²) in [5.74, 6) is -1.23. The van der Waals surface area contributed by atoms with Crippen LogP contribution in [0.4, 0.5) is 5.69 Å². The number of amides is 1. The first-order valence-electron chi connectivity index (χ1n) is 8.65. The van der Waals surface area contributed by atoms with Gasteiger partial charge in [0.05, 0.1) is 22.0 Å². The lowest BCUT2D eigenvalue weighted by Crippen LogP contribution is -2.14. The summed E-state index contributed by atoms with van der Waals surface area (Å²) < 4.78 is 1.04. The smallest absolute Gasteiger partial charge is 0.259 e. The lowest BCUT2D eigenvalue weighted by atomic mass is 9.91. The fourth-order valence-electron chi connectivity index (χ4n) is 2.97. The molecule has 3 rings (SSSR count). The lowest BCUT2D eigenvalue weighted by molar-refractivity contribution is 0.102. The number of hydrogen-bond donors (Lipinski definition) is 2. The molecule has 0 heterocycles. The summed E-state index contributed by atoms with van der Waals surface area (Å²) in [5.41, 5.74) is 2.71. The molecule has 3 aromatic rings. The number of carbonyl (C=O) groups is 1. The Hall–Kier alpha value is -2.04. The number of aromatic hydroxyl groups is 1. The van der Waals surface area contributed by atoms with Gasteiger partial charge in [0.2, 0.25) is 0 Å². The van der Waals surface area contributed by atoms with Gasteiger partial charge >= 0.3 is 0 Å². The third-order valence-corrected chi connectivity index (χ3v) is 6.15. The van der Waals surface area contributed by atoms with E-state index in [1.807, 2.05) is 6.92 Å². The maximum absolute atomic E-state index is 12.7. The second-order valence-electron chi connectivity index (χ2n) is 6.54. The largest absolute Gasteiger partial charge is 0.506 e. The summed E-state index contributed by atoms with van der Waals surface area (Å²) >= 11 is 18.9. The Morgan fingerprint density at radius 3 is 2.43 bits per heavy atom. The van der Waals surface area contributed by atoms with Crippen molar-refractivity contribution in [3.8, 4) is 11.8 Å². The van der Waals surface area contributed by atoms with Gasteiger partial charge in [0.25, 0.3) is 5.91 Å². The van der Waals surface area contributed by atoms with Crippen molar-refractivity contribution in [2.45, 2.75) is 12.8 Å². The number of halogens is 4. The van der Waals surface area contributed by atoms with Crippen LogP contribution in [0.15, 0.2) is 57.5 Å². The number of benzene rings is 3. The zero-order chi connectivity index (χ0) is 22.0. The van der Waals surface area contributed by atoms with Crippen LogP contribution in [0.1, 0.15) is 33.0 Å². The molecule has 1 unspecified atom stereocenters. The molecule has 30 heavy (non-hydrogen) atoms. The normalized spacial score (nSPS) is 11.6. The van der Waals surface area contributed by atoms with Crippen molar-refractivity contribution in [1.29, 1.82) is 5.26 Å². The highest BCUT2D eigenvalue weighted by molar-refractivity contribution is 9.11. The van der Waals surface area contributed by atoms with Crippen LogP contribution in [0, 0.1) is 18.3 Å². The van der Waals surface area contributed by atoms with Crippen LogP contribution >= 0.6 is 55.1 Å². The number of nitrogens with one attached hydrogen (secondary N) is 1. The van der Waals surface area contributed by atoms with Gasteiger partial charge in [-0.25, -0.2) is 0 Å². The van der Waals surface area contributed by atoms with Crippen molar-refractivity contribution in [2.24, 2.45) is 0 Å². The molecule has 0 aromatic heterocycles. The Kier molecular flexibility index (Phi) is 7.10. The van der Waals surface area contributed by atoms with Crippen molar-refractivity contribution < 1.29 is 9.90 Å². The van der Waals surface area contributed by atoms with Gasteiger partial charge in [-0.1, -0.05) is 57.3 Å². The van der Waals surface area contributed by atoms with Crippen LogP contribution in [0.2, 0.25) is 10.0 Å². The van der Waals surface area contributed by atoms with E-state index in [-0.39, 0.29) is 11.3 Å². The van der Waals surface area contributed by atoms with E-state index >= 15 is 0 Å². The van der Waals surface area contributed by atoms with E-state index in [1.54, 1.807) is 42.5 Å². The van der Waals surface area contributed by atoms with Crippen molar-refractivity contribution in [3.05, 3.63) is 89.8 Å². The molecule has 0 bridgehead atoms. The van der Waals surface area contributed by atoms with Gasteiger partial charge in [0, 0.05) is 20.2 Å². The van der Waals surface area contributed by atoms with Gasteiger partial charge in [-0.15, -0.1) is 0 Å². The number of nitriles is 1. The van der Waals surface area contributed by atoms with Gasteiger partial charge in [0.15, 0.2) is 0 Å². The number of phenols is 1. The zero-order valence-electron chi connectivity index (χ0n) is 15.5. The van der Waals surface area contributed by atoms with Crippen LogP contribution in [0.25, 0.3) is 0 Å². The van der Waals surface area contributed by atoms with Gasteiger partial charge in [-0.3, -0.25) is 4.79 Å². The van der Waals surface area contributed by atoms with E-state index in [9.17, 15) is 15.2 Å². The molecule has 0 fully saturated rings. The molecule has 1 atom stereocenters. The average Bonchev–Trinajstić information content (AvgIpc) is 2.70. The van der Waals surface area contributed by atoms with Crippen LogP contribution in [0.5, 0.6) is 5.75 Å². The number of aryl methyl sites for hydroxylation is 1. The Morgan fingerprint density at radius 1 is 1.13 bits per heavy atom. The Labute approximate surface area is 200 Å². The van der Waals surface area contributed by atoms with Gasteiger partial charge < -0.3 is 10.4 Å². The molecule has 3 aromatic carbocycles. The number of nitrogens with zero attached hydrogens (tertiary/aromatic N) is 1. The second kappa shape index (κ2) is 9.40. The van der Waals surface area contributed by atoms with Crippen molar-refractivity contribution in [1.82, 2.24) is 0 Å². The summed E-state index contributed by atoms with van der Waals surface area (Å²) in [5, 5.41) is 23.6. The minimum absolute atomic E-state index is 0.104. The maximum Gasteiger partial charge on any atom is 0.259 e. The minimum atomic E-state index is -0.580. The third-order valence-electron chi connectivity index (χ3n) is 4.51. The van der Waals surface area contributed by atoms with Crippen LogP contribution in [-0.4, -0.2) is 11.0 Å². The highest BCUT2D eigenvalue weighted by atomic mass is 79.9. The zero-order valence-corrected chi connectivity index (χ0v) is 20.2. The van der Waals surface area contributed by atoms with E-state index in [0.717, 1.165) is 11.1 Å². The molecule has 1 amide bonds. The molecular weight excluding hydrogens is 555 g/mol. The fraction of sp³-hybridized carbons (Fsp3) is 0.0909. The molecule has 0 saturated carbocycles. The van der Waals surface area contributed by atoms with Crippen LogP contribution in [-0.2, 0) is 0 Å². The number of carbonyl (C=O) groups excluding carboxylic acids is 1. The minimum Gasteiger partial charge on any atom is -0.506 e. The van der Waals surface area contributed by atoms with E-state index < -0.39 is 11.8 Å². The topological polar surface area (TPSA) is 73.1 Å². The number of hydrogen-bond acceptors (Lipinski definition) is 3. The number of phenolic OH excluding ortho intramolecular Hbond substituents is 1. The first-order valence-corrected chi connectivity index (χ1v) is 11.0. The van der Waals surface area contributed by atoms with Gasteiger partial charge in [0.1, 0.15) is 5.75 Å². The average molecular weight is 569 g/mol. The molecule has 0 spiro atoms. The van der Waals surface area contributed by atoms with Crippen LogP contribution in [0.3, 0.4) is 0 Å². The van der Waals surface area contributed by atoms with E-state index in [4.69, 9.17) is 23.2 Å². The summed E-state index contributed by atoms with van der Waals surface area (Å²) in [6, 6.07) is 15.8. The Morgan fingerprint density at radius 2 is 1.80 bits per heavy atom. The predicted molar refractivity (Wildman–Crippen MR) is 127 cm³/mol. The summed E-state index contributed by atoms with van der Waals surface area (Å²) in [7, 11) is 0. The SMILES string of the molecule is Cc1cc(C(C#N)c2ccc(Cl)cc2)c(Cl)cc1NC(=O)c1cc(Br)cc(Br)c1O. The highest BCUT2D eigenvalue weighted by Crippen LogP contribution is 2.36. The van der Waals surface area contributed by atoms with E-state index in [2.05, 4.69) is 43.2 Å². The van der Waals surface area contributed by atoms with Crippen molar-refractivity contribution in [2.75, 3.05) is 5.32 Å². The molecule has 2 N–H and O–H groups in total. The van der Waals surface area contributed by atoms with Crippen LogP contribution < -0.4 is 5.32 Å². The summed E-state index contributed by atoms with van der Waals surface area (Å²) in [4.78, 5) is 12.7. The molecule has 152 valence electrons. The maximum atomic E-state index is 12.7.